The fourth-order valence-corrected chi connectivity index (χ4v) is 6.28. The summed E-state index contributed by atoms with van der Waals surface area (Å²) in [5.41, 5.74) is 1.58. The van der Waals surface area contributed by atoms with Gasteiger partial charge in [-0.05, 0) is 81.9 Å². The van der Waals surface area contributed by atoms with Gasteiger partial charge in [0.15, 0.2) is 11.6 Å². The highest BCUT2D eigenvalue weighted by Gasteiger charge is 2.45. The standard InChI is InChI=1S/C34H40FN3O5/c1-21-26(13-7-14-29(21)35)31-27(32(41)22-9-5-11-24(39)17-22)19-38(16-8-15-30(37(3)4)34(43)36-2)20-28(31)33(42)23-10-6-12-25(40)18-23/h5-7,9-14,17-18,27-28,30-31,39-40H,8,15-16,19-20H2,1-4H3,(H,36,43)/t27-,28+,30-,31+/m1/s1. The highest BCUT2D eigenvalue weighted by molar-refractivity contribution is 6.02. The highest BCUT2D eigenvalue weighted by atomic mass is 19.1. The fourth-order valence-electron chi connectivity index (χ4n) is 6.28. The van der Waals surface area contributed by atoms with E-state index in [2.05, 4.69) is 10.2 Å². The van der Waals surface area contributed by atoms with Crippen molar-refractivity contribution in [2.45, 2.75) is 31.7 Å². The molecule has 1 fully saturated rings. The van der Waals surface area contributed by atoms with Crippen LogP contribution < -0.4 is 5.32 Å². The van der Waals surface area contributed by atoms with Crippen molar-refractivity contribution in [3.05, 3.63) is 94.8 Å². The van der Waals surface area contributed by atoms with Crippen LogP contribution in [0.15, 0.2) is 66.7 Å². The predicted octanol–water partition coefficient (Wildman–Crippen LogP) is 4.40. The van der Waals surface area contributed by atoms with Gasteiger partial charge < -0.3 is 20.4 Å². The van der Waals surface area contributed by atoms with Crippen LogP contribution in [0.25, 0.3) is 0 Å². The van der Waals surface area contributed by atoms with Gasteiger partial charge in [-0.1, -0.05) is 36.4 Å². The van der Waals surface area contributed by atoms with Crippen molar-refractivity contribution >= 4 is 17.5 Å². The first-order chi connectivity index (χ1) is 20.5. The maximum Gasteiger partial charge on any atom is 0.237 e. The topological polar surface area (TPSA) is 110 Å². The van der Waals surface area contributed by atoms with Gasteiger partial charge in [0.05, 0.1) is 6.04 Å². The molecule has 0 saturated carbocycles. The van der Waals surface area contributed by atoms with Crippen molar-refractivity contribution in [2.75, 3.05) is 40.8 Å². The fraction of sp³-hybridized carbons (Fsp3) is 0.382. The van der Waals surface area contributed by atoms with Gasteiger partial charge in [-0.2, -0.15) is 0 Å². The number of hydrogen-bond acceptors (Lipinski definition) is 7. The van der Waals surface area contributed by atoms with Crippen LogP contribution >= 0.6 is 0 Å². The minimum Gasteiger partial charge on any atom is -0.508 e. The number of aromatic hydroxyl groups is 2. The van der Waals surface area contributed by atoms with E-state index in [1.54, 1.807) is 50.4 Å². The molecule has 3 aromatic carbocycles. The minimum atomic E-state index is -0.731. The quantitative estimate of drug-likeness (QED) is 0.285. The molecule has 0 radical (unpaired) electrons. The van der Waals surface area contributed by atoms with Gasteiger partial charge in [0, 0.05) is 49.0 Å². The first-order valence-corrected chi connectivity index (χ1v) is 14.5. The van der Waals surface area contributed by atoms with Crippen LogP contribution in [-0.2, 0) is 4.79 Å². The number of phenols is 2. The molecule has 1 amide bonds. The van der Waals surface area contributed by atoms with E-state index < -0.39 is 23.6 Å². The first-order valence-electron chi connectivity index (χ1n) is 14.5. The van der Waals surface area contributed by atoms with E-state index in [0.29, 0.717) is 54.7 Å². The van der Waals surface area contributed by atoms with E-state index in [4.69, 9.17) is 0 Å². The van der Waals surface area contributed by atoms with Gasteiger partial charge in [-0.3, -0.25) is 19.3 Å². The van der Waals surface area contributed by atoms with E-state index in [1.807, 2.05) is 19.0 Å². The number of phenolic OH excluding ortho intramolecular Hbond substituents is 2. The molecular weight excluding hydrogens is 549 g/mol. The minimum absolute atomic E-state index is 0.0479. The van der Waals surface area contributed by atoms with Crippen molar-refractivity contribution in [2.24, 2.45) is 11.8 Å². The molecule has 1 heterocycles. The van der Waals surface area contributed by atoms with Crippen LogP contribution in [-0.4, -0.2) is 84.3 Å². The average Bonchev–Trinajstić information content (AvgIpc) is 2.99. The van der Waals surface area contributed by atoms with Crippen molar-refractivity contribution in [3.8, 4) is 11.5 Å². The smallest absolute Gasteiger partial charge is 0.237 e. The zero-order valence-corrected chi connectivity index (χ0v) is 25.1. The van der Waals surface area contributed by atoms with Gasteiger partial charge in [0.25, 0.3) is 0 Å². The summed E-state index contributed by atoms with van der Waals surface area (Å²) in [5, 5.41) is 23.0. The van der Waals surface area contributed by atoms with E-state index in [1.165, 1.54) is 30.3 Å². The third kappa shape index (κ3) is 7.29. The third-order valence-corrected chi connectivity index (χ3v) is 8.50. The number of nitrogens with zero attached hydrogens (tertiary/aromatic N) is 2. The van der Waals surface area contributed by atoms with E-state index in [0.717, 1.165) is 0 Å². The molecule has 43 heavy (non-hydrogen) atoms. The number of nitrogens with one attached hydrogen (secondary N) is 1. The molecule has 8 nitrogen and oxygen atoms in total. The largest absolute Gasteiger partial charge is 0.508 e. The predicted molar refractivity (Wildman–Crippen MR) is 163 cm³/mol. The molecule has 0 aromatic heterocycles. The van der Waals surface area contributed by atoms with Crippen molar-refractivity contribution in [1.82, 2.24) is 15.1 Å². The molecule has 228 valence electrons. The number of hydrogen-bond donors (Lipinski definition) is 3. The Morgan fingerprint density at radius 1 is 0.930 bits per heavy atom. The molecule has 4 rings (SSSR count). The molecule has 3 aromatic rings. The van der Waals surface area contributed by atoms with Crippen LogP contribution in [0.5, 0.6) is 11.5 Å². The molecule has 1 aliphatic heterocycles. The molecule has 3 N–H and O–H groups in total. The Bertz CT molecular complexity index is 1410. The molecule has 0 bridgehead atoms. The molecule has 0 unspecified atom stereocenters. The van der Waals surface area contributed by atoms with Gasteiger partial charge >= 0.3 is 0 Å². The number of likely N-dealkylation sites (N-methyl/N-ethyl adjacent to an activating group) is 2. The molecule has 1 saturated heterocycles. The van der Waals surface area contributed by atoms with Crippen LogP contribution in [0.1, 0.15) is 50.6 Å². The summed E-state index contributed by atoms with van der Waals surface area (Å²) in [7, 11) is 5.30. The Hall–Kier alpha value is -4.08. The number of Topliss-reactive ketones (excluding diaryl/α,β-unsaturated/α-hetero) is 2. The second-order valence-electron chi connectivity index (χ2n) is 11.5. The zero-order chi connectivity index (χ0) is 31.3. The lowest BCUT2D eigenvalue weighted by atomic mass is 9.67. The Balaban J connectivity index is 1.76. The van der Waals surface area contributed by atoms with E-state index in [-0.39, 0.29) is 35.0 Å². The Labute approximate surface area is 252 Å². The van der Waals surface area contributed by atoms with Crippen molar-refractivity contribution in [1.29, 1.82) is 0 Å². The molecular formula is C34H40FN3O5. The zero-order valence-electron chi connectivity index (χ0n) is 25.1. The first kappa shape index (κ1) is 31.8. The maximum atomic E-state index is 14.9. The summed E-state index contributed by atoms with van der Waals surface area (Å²) in [6, 6.07) is 16.7. The van der Waals surface area contributed by atoms with Gasteiger partial charge in [0.1, 0.15) is 17.3 Å². The lowest BCUT2D eigenvalue weighted by Gasteiger charge is -2.43. The number of piperidine rings is 1. The summed E-state index contributed by atoms with van der Waals surface area (Å²) < 4.78 is 14.9. The molecule has 1 aliphatic rings. The third-order valence-electron chi connectivity index (χ3n) is 8.50. The van der Waals surface area contributed by atoms with Crippen LogP contribution in [0.3, 0.4) is 0 Å². The average molecular weight is 590 g/mol. The molecule has 0 spiro atoms. The second kappa shape index (κ2) is 13.9. The molecule has 4 atom stereocenters. The number of likely N-dealkylation sites (tertiary alicyclic amines) is 1. The second-order valence-corrected chi connectivity index (χ2v) is 11.5. The summed E-state index contributed by atoms with van der Waals surface area (Å²) in [4.78, 5) is 44.7. The number of halogens is 1. The summed E-state index contributed by atoms with van der Waals surface area (Å²) >= 11 is 0. The maximum absolute atomic E-state index is 14.9. The molecule has 0 aliphatic carbocycles. The Kier molecular flexibility index (Phi) is 10.3. The van der Waals surface area contributed by atoms with E-state index in [9.17, 15) is 29.0 Å². The lowest BCUT2D eigenvalue weighted by Crippen LogP contribution is -2.51. The number of carbonyl (C=O) groups is 3. The Morgan fingerprint density at radius 2 is 1.47 bits per heavy atom. The molecule has 9 heteroatoms. The summed E-state index contributed by atoms with van der Waals surface area (Å²) in [6.07, 6.45) is 1.21. The monoisotopic (exact) mass is 589 g/mol. The van der Waals surface area contributed by atoms with Crippen LogP contribution in [0.2, 0.25) is 0 Å². The van der Waals surface area contributed by atoms with Crippen LogP contribution in [0, 0.1) is 24.6 Å². The highest BCUT2D eigenvalue weighted by Crippen LogP contribution is 2.43. The number of benzene rings is 3. The normalized spacial score (nSPS) is 19.6. The Morgan fingerprint density at radius 3 is 1.95 bits per heavy atom. The SMILES string of the molecule is CNC(=O)[C@@H](CCCN1C[C@H](C(=O)c2cccc(O)c2)[C@@H](c2cccc(F)c2C)[C@H](C(=O)c2cccc(O)c2)C1)N(C)C. The van der Waals surface area contributed by atoms with Crippen LogP contribution in [0.4, 0.5) is 4.39 Å². The summed E-state index contributed by atoms with van der Waals surface area (Å²) in [5.74, 6) is -3.22. The van der Waals surface area contributed by atoms with Gasteiger partial charge in [0.2, 0.25) is 5.91 Å². The number of carbonyl (C=O) groups excluding carboxylic acids is 3. The summed E-state index contributed by atoms with van der Waals surface area (Å²) in [6.45, 7) is 2.81. The van der Waals surface area contributed by atoms with E-state index >= 15 is 0 Å². The number of rotatable bonds is 11. The van der Waals surface area contributed by atoms with Crippen molar-refractivity contribution in [3.63, 3.8) is 0 Å². The van der Waals surface area contributed by atoms with Crippen molar-refractivity contribution < 1.29 is 29.0 Å². The number of ketones is 2. The lowest BCUT2D eigenvalue weighted by molar-refractivity contribution is -0.125. The number of amides is 1. The van der Waals surface area contributed by atoms with Gasteiger partial charge in [-0.15, -0.1) is 0 Å². The van der Waals surface area contributed by atoms with Gasteiger partial charge in [-0.25, -0.2) is 4.39 Å².